The zero-order valence-electron chi connectivity index (χ0n) is 6.15. The zero-order chi connectivity index (χ0) is 8.55. The van der Waals surface area contributed by atoms with Gasteiger partial charge < -0.3 is 0 Å². The Morgan fingerprint density at radius 3 is 2.92 bits per heavy atom. The van der Waals surface area contributed by atoms with E-state index < -0.39 is 5.97 Å². The van der Waals surface area contributed by atoms with Crippen molar-refractivity contribution in [3.63, 3.8) is 0 Å². The third-order valence-corrected chi connectivity index (χ3v) is 3.58. The van der Waals surface area contributed by atoms with Gasteiger partial charge in [-0.2, -0.15) is 0 Å². The van der Waals surface area contributed by atoms with Crippen LogP contribution in [0.3, 0.4) is 0 Å². The Hall–Kier alpha value is -1.05. The van der Waals surface area contributed by atoms with Crippen molar-refractivity contribution in [3.05, 3.63) is 34.8 Å². The summed E-state index contributed by atoms with van der Waals surface area (Å²) >= 11 is 0.409. The number of hydrogen-bond acceptors (Lipinski definition) is 1. The first kappa shape index (κ1) is 7.59. The normalized spacial score (nSPS) is 10.3. The molecule has 2 nitrogen and oxygen atoms in total. The van der Waals surface area contributed by atoms with E-state index in [1.54, 1.807) is 12.1 Å². The molecule has 2 rings (SSSR count). The number of hydrogen-bond donors (Lipinski definition) is 1. The van der Waals surface area contributed by atoms with Crippen molar-refractivity contribution < 1.29 is 9.90 Å². The summed E-state index contributed by atoms with van der Waals surface area (Å²) < 4.78 is 1.27. The van der Waals surface area contributed by atoms with Crippen molar-refractivity contribution in [2.75, 3.05) is 0 Å². The maximum absolute atomic E-state index is 10.6. The fourth-order valence-electron chi connectivity index (χ4n) is 1.10. The van der Waals surface area contributed by atoms with Gasteiger partial charge in [0.1, 0.15) is 0 Å². The zero-order valence-corrected chi connectivity index (χ0v) is 7.86. The van der Waals surface area contributed by atoms with E-state index in [9.17, 15) is 4.79 Å². The molecule has 0 unspecified atom stereocenters. The molecule has 1 N–H and O–H groups in total. The van der Waals surface area contributed by atoms with Crippen LogP contribution in [0.5, 0.6) is 0 Å². The van der Waals surface area contributed by atoms with E-state index in [4.69, 9.17) is 5.11 Å². The van der Waals surface area contributed by atoms with Crippen LogP contribution in [-0.2, 0) is 0 Å². The molecule has 12 heavy (non-hydrogen) atoms. The molecule has 3 heteroatoms. The van der Waals surface area contributed by atoms with Gasteiger partial charge in [0, 0.05) is 0 Å². The molecule has 0 aliphatic carbocycles. The van der Waals surface area contributed by atoms with Gasteiger partial charge in [-0.05, 0) is 0 Å². The monoisotopic (exact) mass is 226 g/mol. The number of fused-ring (bicyclic) bond motifs is 1. The SMILES string of the molecule is O=C(O)c1ccc2[se]ccc2c1. The summed E-state index contributed by atoms with van der Waals surface area (Å²) in [5.41, 5.74) is 0.371. The molecule has 0 spiro atoms. The minimum absolute atomic E-state index is 0.371. The van der Waals surface area contributed by atoms with Crippen LogP contribution in [0, 0.1) is 0 Å². The molecule has 0 saturated heterocycles. The second-order valence-corrected chi connectivity index (χ2v) is 4.47. The number of aromatic carboxylic acids is 1. The van der Waals surface area contributed by atoms with E-state index in [-0.39, 0.29) is 0 Å². The second-order valence-electron chi connectivity index (χ2n) is 2.48. The molecule has 0 fully saturated rings. The quantitative estimate of drug-likeness (QED) is 0.748. The maximum atomic E-state index is 10.6. The van der Waals surface area contributed by atoms with E-state index in [0.29, 0.717) is 20.1 Å². The van der Waals surface area contributed by atoms with Crippen LogP contribution in [0.1, 0.15) is 10.4 Å². The number of rotatable bonds is 1. The van der Waals surface area contributed by atoms with Gasteiger partial charge in [0.25, 0.3) is 0 Å². The molecule has 2 aromatic rings. The first-order valence-electron chi connectivity index (χ1n) is 3.48. The number of carboxylic acids is 1. The summed E-state index contributed by atoms with van der Waals surface area (Å²) in [5.74, 6) is -0.856. The van der Waals surface area contributed by atoms with Crippen LogP contribution in [-0.4, -0.2) is 25.6 Å². The van der Waals surface area contributed by atoms with Gasteiger partial charge in [0.15, 0.2) is 0 Å². The molecule has 0 aliphatic rings. The fourth-order valence-corrected chi connectivity index (χ4v) is 2.72. The Morgan fingerprint density at radius 2 is 2.17 bits per heavy atom. The molecule has 1 aromatic carbocycles. The molecule has 0 atom stereocenters. The van der Waals surface area contributed by atoms with Crippen LogP contribution in [0.15, 0.2) is 29.2 Å². The Labute approximate surface area is 75.2 Å². The van der Waals surface area contributed by atoms with Gasteiger partial charge >= 0.3 is 74.8 Å². The van der Waals surface area contributed by atoms with E-state index in [1.165, 1.54) is 4.26 Å². The number of carboxylic acid groups (broad SMARTS) is 1. The summed E-state index contributed by atoms with van der Waals surface area (Å²) in [5, 5.41) is 9.76. The Balaban J connectivity index is 2.68. The van der Waals surface area contributed by atoms with Crippen LogP contribution in [0.2, 0.25) is 0 Å². The molecule has 60 valence electrons. The van der Waals surface area contributed by atoms with Crippen molar-refractivity contribution in [1.29, 1.82) is 0 Å². The molecule has 1 aromatic heterocycles. The molecular weight excluding hydrogens is 219 g/mol. The van der Waals surface area contributed by atoms with Crippen molar-refractivity contribution in [2.24, 2.45) is 0 Å². The van der Waals surface area contributed by atoms with Crippen molar-refractivity contribution in [3.8, 4) is 0 Å². The molecule has 0 radical (unpaired) electrons. The van der Waals surface area contributed by atoms with Crippen LogP contribution in [0.25, 0.3) is 9.65 Å². The Kier molecular flexibility index (Phi) is 1.75. The number of carbonyl (C=O) groups is 1. The molecule has 0 amide bonds. The van der Waals surface area contributed by atoms with Crippen LogP contribution in [0.4, 0.5) is 0 Å². The first-order chi connectivity index (χ1) is 5.77. The second kappa shape index (κ2) is 2.77. The van der Waals surface area contributed by atoms with E-state index in [2.05, 4.69) is 4.94 Å². The summed E-state index contributed by atoms with van der Waals surface area (Å²) in [6.07, 6.45) is 0. The van der Waals surface area contributed by atoms with E-state index >= 15 is 0 Å². The standard InChI is InChI=1S/C9H6O2Se/c10-9(11)7-1-2-8-6(5-7)3-4-12-8/h1-5H,(H,10,11). The average molecular weight is 225 g/mol. The molecule has 1 heterocycles. The van der Waals surface area contributed by atoms with Gasteiger partial charge in [-0.1, -0.05) is 0 Å². The Bertz CT molecular complexity index is 431. The average Bonchev–Trinajstić information content (AvgIpc) is 2.49. The number of benzene rings is 1. The van der Waals surface area contributed by atoms with E-state index in [0.717, 1.165) is 5.39 Å². The van der Waals surface area contributed by atoms with E-state index in [1.807, 2.05) is 12.1 Å². The van der Waals surface area contributed by atoms with Gasteiger partial charge in [0.05, 0.1) is 0 Å². The third-order valence-electron chi connectivity index (χ3n) is 1.70. The van der Waals surface area contributed by atoms with Gasteiger partial charge in [-0.15, -0.1) is 0 Å². The van der Waals surface area contributed by atoms with Gasteiger partial charge in [-0.25, -0.2) is 0 Å². The summed E-state index contributed by atoms with van der Waals surface area (Å²) in [4.78, 5) is 12.7. The topological polar surface area (TPSA) is 37.3 Å². The summed E-state index contributed by atoms with van der Waals surface area (Å²) in [6, 6.07) is 7.28. The molecule has 0 saturated carbocycles. The van der Waals surface area contributed by atoms with Crippen molar-refractivity contribution in [2.45, 2.75) is 0 Å². The fraction of sp³-hybridized carbons (Fsp3) is 0. The van der Waals surface area contributed by atoms with Crippen molar-refractivity contribution in [1.82, 2.24) is 0 Å². The summed E-state index contributed by atoms with van der Waals surface area (Å²) in [7, 11) is 0. The molecule has 0 bridgehead atoms. The third kappa shape index (κ3) is 1.17. The minimum atomic E-state index is -0.856. The summed E-state index contributed by atoms with van der Waals surface area (Å²) in [6.45, 7) is 0. The van der Waals surface area contributed by atoms with Gasteiger partial charge in [-0.3, -0.25) is 0 Å². The first-order valence-corrected chi connectivity index (χ1v) is 5.32. The predicted octanol–water partition coefficient (Wildman–Crippen LogP) is 1.59. The van der Waals surface area contributed by atoms with Crippen molar-refractivity contribution >= 4 is 30.1 Å². The molecule has 0 aliphatic heterocycles. The van der Waals surface area contributed by atoms with Gasteiger partial charge in [0.2, 0.25) is 0 Å². The Morgan fingerprint density at radius 1 is 1.33 bits per heavy atom. The molecular formula is C9H6O2Se. The van der Waals surface area contributed by atoms with Crippen LogP contribution >= 0.6 is 0 Å². The predicted molar refractivity (Wildman–Crippen MR) is 47.8 cm³/mol. The van der Waals surface area contributed by atoms with Crippen LogP contribution < -0.4 is 0 Å².